The zero-order valence-electron chi connectivity index (χ0n) is 14.2. The molecule has 1 fully saturated rings. The summed E-state index contributed by atoms with van der Waals surface area (Å²) in [4.78, 5) is 4.43. The Labute approximate surface area is 136 Å². The molecule has 0 saturated carbocycles. The highest BCUT2D eigenvalue weighted by molar-refractivity contribution is 5.21. The second kappa shape index (κ2) is 6.80. The van der Waals surface area contributed by atoms with Gasteiger partial charge in [-0.1, -0.05) is 19.0 Å². The predicted molar refractivity (Wildman–Crippen MR) is 84.7 cm³/mol. The van der Waals surface area contributed by atoms with Crippen molar-refractivity contribution in [3.8, 4) is 0 Å². The van der Waals surface area contributed by atoms with Crippen LogP contribution >= 0.6 is 0 Å². The van der Waals surface area contributed by atoms with Crippen LogP contribution in [0.4, 0.5) is 0 Å². The Bertz CT molecular complexity index is 649. The molecular weight excluding hydrogens is 294 g/mol. The van der Waals surface area contributed by atoms with Crippen LogP contribution in [0.2, 0.25) is 0 Å². The molecule has 1 saturated heterocycles. The van der Waals surface area contributed by atoms with Crippen molar-refractivity contribution in [2.45, 2.75) is 52.3 Å². The lowest BCUT2D eigenvalue weighted by molar-refractivity contribution is 0.0977. The standard InChI is InChI=1S/C16H25N5O2/c1-10(2)7-15-19-14(20-23-15)9-17-13-5-6-22-16(13)12-8-18-21(4)11(12)3/h8,10,13,16-17H,5-7,9H2,1-4H3/t13-,16+/m0/s1. The third kappa shape index (κ3) is 3.61. The molecule has 1 N–H and O–H groups in total. The van der Waals surface area contributed by atoms with Gasteiger partial charge in [-0.3, -0.25) is 4.68 Å². The van der Waals surface area contributed by atoms with Gasteiger partial charge >= 0.3 is 0 Å². The summed E-state index contributed by atoms with van der Waals surface area (Å²) in [5.41, 5.74) is 2.29. The number of nitrogens with one attached hydrogen (secondary N) is 1. The van der Waals surface area contributed by atoms with Crippen LogP contribution in [0.15, 0.2) is 10.7 Å². The highest BCUT2D eigenvalue weighted by Crippen LogP contribution is 2.31. The van der Waals surface area contributed by atoms with Crippen molar-refractivity contribution < 1.29 is 9.26 Å². The van der Waals surface area contributed by atoms with E-state index in [1.54, 1.807) is 0 Å². The molecule has 3 heterocycles. The van der Waals surface area contributed by atoms with E-state index in [1.165, 1.54) is 0 Å². The van der Waals surface area contributed by atoms with Gasteiger partial charge in [0.15, 0.2) is 5.82 Å². The molecule has 7 heteroatoms. The first kappa shape index (κ1) is 16.1. The number of hydrogen-bond donors (Lipinski definition) is 1. The van der Waals surface area contributed by atoms with Crippen molar-refractivity contribution in [3.05, 3.63) is 29.2 Å². The summed E-state index contributed by atoms with van der Waals surface area (Å²) in [6, 6.07) is 0.241. The third-order valence-electron chi connectivity index (χ3n) is 4.29. The molecule has 126 valence electrons. The number of rotatable bonds is 6. The van der Waals surface area contributed by atoms with Crippen molar-refractivity contribution in [3.63, 3.8) is 0 Å². The number of aromatic nitrogens is 4. The molecule has 2 atom stereocenters. The van der Waals surface area contributed by atoms with Gasteiger partial charge in [0, 0.05) is 37.4 Å². The summed E-state index contributed by atoms with van der Waals surface area (Å²) < 4.78 is 13.1. The maximum absolute atomic E-state index is 5.91. The highest BCUT2D eigenvalue weighted by atomic mass is 16.5. The zero-order chi connectivity index (χ0) is 16.4. The Hall–Kier alpha value is -1.73. The van der Waals surface area contributed by atoms with Gasteiger partial charge in [0.1, 0.15) is 6.10 Å². The third-order valence-corrected chi connectivity index (χ3v) is 4.29. The van der Waals surface area contributed by atoms with Gasteiger partial charge in [-0.15, -0.1) is 0 Å². The Kier molecular flexibility index (Phi) is 4.77. The molecule has 0 spiro atoms. The minimum absolute atomic E-state index is 0.0331. The van der Waals surface area contributed by atoms with E-state index in [0.717, 1.165) is 30.7 Å². The van der Waals surface area contributed by atoms with Crippen molar-refractivity contribution in [2.24, 2.45) is 13.0 Å². The van der Waals surface area contributed by atoms with Crippen LogP contribution in [0, 0.1) is 12.8 Å². The topological polar surface area (TPSA) is 78.0 Å². The monoisotopic (exact) mass is 319 g/mol. The molecule has 0 bridgehead atoms. The lowest BCUT2D eigenvalue weighted by Crippen LogP contribution is -2.31. The van der Waals surface area contributed by atoms with Crippen LogP contribution in [-0.2, 0) is 24.8 Å². The fourth-order valence-electron chi connectivity index (χ4n) is 2.92. The Balaban J connectivity index is 1.61. The van der Waals surface area contributed by atoms with Gasteiger partial charge in [-0.2, -0.15) is 10.1 Å². The van der Waals surface area contributed by atoms with Crippen LogP contribution < -0.4 is 5.32 Å². The summed E-state index contributed by atoms with van der Waals surface area (Å²) in [6.45, 7) is 7.68. The first-order valence-electron chi connectivity index (χ1n) is 8.19. The zero-order valence-corrected chi connectivity index (χ0v) is 14.2. The van der Waals surface area contributed by atoms with Gasteiger partial charge in [0.05, 0.1) is 12.7 Å². The first-order valence-corrected chi connectivity index (χ1v) is 8.19. The van der Waals surface area contributed by atoms with E-state index in [0.29, 0.717) is 24.2 Å². The molecular formula is C16H25N5O2. The molecule has 2 aromatic heterocycles. The normalized spacial score (nSPS) is 21.4. The molecule has 3 rings (SSSR count). The second-order valence-corrected chi connectivity index (χ2v) is 6.58. The minimum atomic E-state index is 0.0331. The maximum Gasteiger partial charge on any atom is 0.226 e. The van der Waals surface area contributed by atoms with E-state index in [-0.39, 0.29) is 12.1 Å². The predicted octanol–water partition coefficient (Wildman–Crippen LogP) is 1.93. The van der Waals surface area contributed by atoms with Crippen LogP contribution in [0.5, 0.6) is 0 Å². The minimum Gasteiger partial charge on any atom is -0.372 e. The molecule has 0 unspecified atom stereocenters. The molecule has 7 nitrogen and oxygen atoms in total. The number of ether oxygens (including phenoxy) is 1. The van der Waals surface area contributed by atoms with Crippen LogP contribution in [0.25, 0.3) is 0 Å². The second-order valence-electron chi connectivity index (χ2n) is 6.58. The van der Waals surface area contributed by atoms with Gasteiger partial charge in [-0.25, -0.2) is 0 Å². The molecule has 1 aliphatic rings. The molecule has 0 aromatic carbocycles. The Morgan fingerprint density at radius 3 is 2.96 bits per heavy atom. The van der Waals surface area contributed by atoms with E-state index in [2.05, 4.69) is 41.3 Å². The number of nitrogens with zero attached hydrogens (tertiary/aromatic N) is 4. The average molecular weight is 319 g/mol. The summed E-state index contributed by atoms with van der Waals surface area (Å²) >= 11 is 0. The number of aryl methyl sites for hydroxylation is 1. The first-order chi connectivity index (χ1) is 11.0. The number of hydrogen-bond acceptors (Lipinski definition) is 6. The largest absolute Gasteiger partial charge is 0.372 e. The van der Waals surface area contributed by atoms with E-state index >= 15 is 0 Å². The molecule has 0 radical (unpaired) electrons. The van der Waals surface area contributed by atoms with Crippen LogP contribution in [-0.4, -0.2) is 32.6 Å². The molecule has 0 aliphatic carbocycles. The Morgan fingerprint density at radius 1 is 1.43 bits per heavy atom. The van der Waals surface area contributed by atoms with Crippen LogP contribution in [0.1, 0.15) is 49.3 Å². The van der Waals surface area contributed by atoms with Gasteiger partial charge in [-0.05, 0) is 19.3 Å². The van der Waals surface area contributed by atoms with E-state index in [1.807, 2.05) is 17.9 Å². The Morgan fingerprint density at radius 2 is 2.26 bits per heavy atom. The summed E-state index contributed by atoms with van der Waals surface area (Å²) in [6.07, 6.45) is 3.72. The lowest BCUT2D eigenvalue weighted by Gasteiger charge is -2.19. The maximum atomic E-state index is 5.91. The SMILES string of the molecule is Cc1c([C@H]2OCC[C@@H]2NCc2noc(CC(C)C)n2)cnn1C. The molecule has 0 amide bonds. The summed E-state index contributed by atoms with van der Waals surface area (Å²) in [7, 11) is 1.95. The summed E-state index contributed by atoms with van der Waals surface area (Å²) in [5, 5.41) is 11.9. The lowest BCUT2D eigenvalue weighted by atomic mass is 10.0. The van der Waals surface area contributed by atoms with Crippen LogP contribution in [0.3, 0.4) is 0 Å². The highest BCUT2D eigenvalue weighted by Gasteiger charge is 2.31. The summed E-state index contributed by atoms with van der Waals surface area (Å²) in [5.74, 6) is 1.92. The van der Waals surface area contributed by atoms with Crippen molar-refractivity contribution in [1.29, 1.82) is 0 Å². The van der Waals surface area contributed by atoms with Crippen molar-refractivity contribution >= 4 is 0 Å². The molecule has 1 aliphatic heterocycles. The smallest absolute Gasteiger partial charge is 0.226 e. The fraction of sp³-hybridized carbons (Fsp3) is 0.688. The van der Waals surface area contributed by atoms with E-state index in [9.17, 15) is 0 Å². The molecule has 2 aromatic rings. The van der Waals surface area contributed by atoms with Crippen molar-refractivity contribution in [1.82, 2.24) is 25.2 Å². The van der Waals surface area contributed by atoms with Gasteiger partial charge < -0.3 is 14.6 Å². The van der Waals surface area contributed by atoms with Crippen molar-refractivity contribution in [2.75, 3.05) is 6.61 Å². The van der Waals surface area contributed by atoms with E-state index < -0.39 is 0 Å². The fourth-order valence-corrected chi connectivity index (χ4v) is 2.92. The van der Waals surface area contributed by atoms with Gasteiger partial charge in [0.2, 0.25) is 5.89 Å². The quantitative estimate of drug-likeness (QED) is 0.876. The van der Waals surface area contributed by atoms with Gasteiger partial charge in [0.25, 0.3) is 0 Å². The molecule has 23 heavy (non-hydrogen) atoms. The average Bonchev–Trinajstić information content (AvgIpc) is 3.19. The van der Waals surface area contributed by atoms with E-state index in [4.69, 9.17) is 9.26 Å².